The van der Waals surface area contributed by atoms with Gasteiger partial charge in [-0.2, -0.15) is 0 Å². The van der Waals surface area contributed by atoms with Gasteiger partial charge in [0.15, 0.2) is 0 Å². The minimum absolute atomic E-state index is 0.0200. The number of fused-ring (bicyclic) bond motifs is 10. The van der Waals surface area contributed by atoms with E-state index in [2.05, 4.69) is 63.1 Å². The minimum atomic E-state index is -1.81. The quantitative estimate of drug-likeness (QED) is 0.0759. The van der Waals surface area contributed by atoms with Crippen LogP contribution in [0.4, 0.5) is 0 Å². The van der Waals surface area contributed by atoms with Crippen LogP contribution in [-0.2, 0) is 81.6 Å². The van der Waals surface area contributed by atoms with Gasteiger partial charge in [0.2, 0.25) is 70.9 Å². The number of nitrogens with one attached hydrogen (secondary N) is 11. The summed E-state index contributed by atoms with van der Waals surface area (Å²) in [5.74, 6) is -13.6. The zero-order valence-electron chi connectivity index (χ0n) is 52.2. The first-order valence-corrected chi connectivity index (χ1v) is 36.0. The fourth-order valence-electron chi connectivity index (χ4n) is 10.9. The van der Waals surface area contributed by atoms with Gasteiger partial charge in [-0.15, -0.1) is 0 Å². The van der Waals surface area contributed by atoms with Gasteiger partial charge in [0, 0.05) is 67.3 Å². The van der Waals surface area contributed by atoms with Crippen LogP contribution in [0.5, 0.6) is 5.75 Å². The lowest BCUT2D eigenvalue weighted by Crippen LogP contribution is -2.61. The van der Waals surface area contributed by atoms with Crippen LogP contribution < -0.4 is 58.9 Å². The molecule has 16 N–H and O–H groups in total. The van der Waals surface area contributed by atoms with E-state index < -0.39 is 174 Å². The highest BCUT2D eigenvalue weighted by atomic mass is 33.1. The number of carbonyl (C=O) groups is 13. The fraction of sp³-hybridized carbons (Fsp3) is 0.533. The molecule has 95 heavy (non-hydrogen) atoms. The molecular weight excluding hydrogens is 1320 g/mol. The molecule has 1 aromatic heterocycles. The lowest BCUT2D eigenvalue weighted by atomic mass is 10.0. The Morgan fingerprint density at radius 3 is 1.68 bits per heavy atom. The van der Waals surface area contributed by atoms with E-state index in [1.807, 2.05) is 0 Å². The number of carboxylic acids is 1. The predicted molar refractivity (Wildman–Crippen MR) is 352 cm³/mol. The van der Waals surface area contributed by atoms with Gasteiger partial charge < -0.3 is 89.0 Å². The Kier molecular flexibility index (Phi) is 28.7. The molecule has 0 saturated carbocycles. The van der Waals surface area contributed by atoms with Crippen molar-refractivity contribution in [3.05, 3.63) is 83.9 Å². The highest BCUT2D eigenvalue weighted by Crippen LogP contribution is 2.29. The summed E-state index contributed by atoms with van der Waals surface area (Å²) in [5, 5.41) is 57.4. The van der Waals surface area contributed by atoms with Gasteiger partial charge in [0.05, 0.1) is 19.5 Å². The Bertz CT molecular complexity index is 3210. The van der Waals surface area contributed by atoms with E-state index in [4.69, 9.17) is 5.73 Å². The van der Waals surface area contributed by atoms with Gasteiger partial charge >= 0.3 is 5.97 Å². The number of aromatic hydroxyl groups is 1. The van der Waals surface area contributed by atoms with E-state index in [1.165, 1.54) is 46.6 Å². The Labute approximate surface area is 563 Å². The molecule has 516 valence electrons. The normalized spacial score (nSPS) is 27.4. The van der Waals surface area contributed by atoms with Crippen molar-refractivity contribution in [3.63, 3.8) is 0 Å². The Balaban J connectivity index is 1.32. The second-order valence-corrected chi connectivity index (χ2v) is 28.1. The van der Waals surface area contributed by atoms with Gasteiger partial charge in [-0.3, -0.25) is 57.5 Å². The second-order valence-electron chi connectivity index (χ2n) is 23.0. The number of benzene rings is 2. The number of aromatic amines is 1. The molecular formula is C60H81N15O16S4. The molecule has 0 spiro atoms. The summed E-state index contributed by atoms with van der Waals surface area (Å²) < 4.78 is 0. The average molecular weight is 1400 g/mol. The molecule has 4 fully saturated rings. The summed E-state index contributed by atoms with van der Waals surface area (Å²) in [4.78, 5) is 196. The maximum absolute atomic E-state index is 15.0. The van der Waals surface area contributed by atoms with Gasteiger partial charge in [-0.1, -0.05) is 106 Å². The number of rotatable bonds is 13. The third-order valence-electron chi connectivity index (χ3n) is 16.1. The molecule has 5 heterocycles. The van der Waals surface area contributed by atoms with Crippen molar-refractivity contribution >= 4 is 120 Å². The Morgan fingerprint density at radius 2 is 1.08 bits per heavy atom. The molecule has 12 atom stereocenters. The van der Waals surface area contributed by atoms with E-state index >= 15 is 0 Å². The van der Waals surface area contributed by atoms with Crippen molar-refractivity contribution in [3.8, 4) is 5.75 Å². The van der Waals surface area contributed by atoms with Crippen LogP contribution in [0.2, 0.25) is 0 Å². The molecule has 0 radical (unpaired) electrons. The molecule has 0 unspecified atom stereocenters. The number of carboxylic acid groups (broad SMARTS) is 1. The highest BCUT2D eigenvalue weighted by molar-refractivity contribution is 8.77. The number of hydrogen-bond acceptors (Lipinski definition) is 21. The number of imidazole rings is 1. The van der Waals surface area contributed by atoms with Crippen molar-refractivity contribution in [2.45, 2.75) is 151 Å². The Morgan fingerprint density at radius 1 is 0.568 bits per heavy atom. The Hall–Kier alpha value is -8.12. The fourth-order valence-corrected chi connectivity index (χ4v) is 15.6. The van der Waals surface area contributed by atoms with Crippen LogP contribution in [-0.4, -0.2) is 234 Å². The molecule has 4 aliphatic rings. The SMILES string of the molecule is CCC[C@@H]1NC(=O)[C@H](CC)NC(=O)[C@H](Cc2ccccc2)NC(=O)[C@@H]2CSSC[C@H](NC(=O)CN)C(=O)N[C@@H](CSSC[C@@H](C(=O)O)NC(=O)[C@H](Cc3ccc(O)cc3)NC1=O)C(=O)N[C@@H](CO)C(=O)N[C@@H](Cc1cnc[nH]1)C(=O)N1CCC[C@H]1C(=O)N1CCC[C@H]1C(=O)N2. The summed E-state index contributed by atoms with van der Waals surface area (Å²) in [6, 6.07) is -3.44. The number of carbonyl (C=O) groups excluding carboxylic acids is 12. The summed E-state index contributed by atoms with van der Waals surface area (Å²) >= 11 is 0. The van der Waals surface area contributed by atoms with Crippen molar-refractivity contribution in [1.29, 1.82) is 0 Å². The number of aromatic nitrogens is 2. The topological polar surface area (TPSA) is 464 Å². The van der Waals surface area contributed by atoms with Crippen LogP contribution in [0.1, 0.15) is 75.6 Å². The number of amides is 12. The van der Waals surface area contributed by atoms with E-state index in [-0.39, 0.29) is 75.3 Å². The van der Waals surface area contributed by atoms with E-state index in [0.717, 1.165) is 43.2 Å². The number of hydrogen-bond donors (Lipinski definition) is 15. The number of H-pyrrole nitrogens is 1. The molecule has 31 nitrogen and oxygen atoms in total. The standard InChI is InChI=1S/C60H81N15O16S4/c1-3-10-37-50(80)67-39(22-33-15-17-35(77)18-16-33)52(82)73-45(60(90)91)30-95-94-28-43-56(86)70-41(26-76)53(83)69-40(23-34-25-62-31-63-34)58(88)75-20-9-14-47(75)59(89)74-19-8-13-46(74)57(87)72-44(29-93-92-27-42(54(84)71-43)64-48(78)24-61)55(85)68-38(21-32-11-6-5-7-12-32)51(81)65-36(4-2)49(79)66-37/h5-7,11-12,15-18,25,31,36-47,76-77H,3-4,8-10,13-14,19-24,26-30,61H2,1-2H3,(H,62,63)(H,64,78)(H,65,81)(H,66,79)(H,67,80)(H,68,85)(H,69,83)(H,70,86)(H,71,84)(H,72,87)(H,73,82)(H,90,91)/t36-,37-,38-,39-,40-,41-,42-,43-,44-,45-,46-,47-/m0/s1. The van der Waals surface area contributed by atoms with E-state index in [9.17, 15) is 77.6 Å². The molecule has 3 aromatic rings. The smallest absolute Gasteiger partial charge is 0.327 e. The van der Waals surface area contributed by atoms with Crippen molar-refractivity contribution in [1.82, 2.24) is 72.9 Å². The second kappa shape index (κ2) is 36.7. The molecule has 7 rings (SSSR count). The third-order valence-corrected chi connectivity index (χ3v) is 20.9. The number of aliphatic carboxylic acids is 1. The molecule has 12 amide bonds. The largest absolute Gasteiger partial charge is 0.508 e. The van der Waals surface area contributed by atoms with E-state index in [0.29, 0.717) is 36.1 Å². The molecule has 4 saturated heterocycles. The molecule has 35 heteroatoms. The van der Waals surface area contributed by atoms with Gasteiger partial charge in [0.1, 0.15) is 78.3 Å². The monoisotopic (exact) mass is 1400 g/mol. The predicted octanol–water partition coefficient (Wildman–Crippen LogP) is -2.99. The van der Waals surface area contributed by atoms with Crippen LogP contribution >= 0.6 is 43.2 Å². The first kappa shape index (κ1) is 74.3. The third kappa shape index (κ3) is 21.4. The molecule has 2 aromatic carbocycles. The summed E-state index contributed by atoms with van der Waals surface area (Å²) in [7, 11) is 3.54. The number of phenolic OH excluding ortho intramolecular Hbond substituents is 1. The van der Waals surface area contributed by atoms with Crippen LogP contribution in [0, 0.1) is 0 Å². The highest BCUT2D eigenvalue weighted by Gasteiger charge is 2.45. The van der Waals surface area contributed by atoms with Crippen molar-refractivity contribution in [2.75, 3.05) is 49.3 Å². The maximum Gasteiger partial charge on any atom is 0.327 e. The zero-order chi connectivity index (χ0) is 68.7. The van der Waals surface area contributed by atoms with Crippen LogP contribution in [0.3, 0.4) is 0 Å². The first-order chi connectivity index (χ1) is 45.6. The van der Waals surface area contributed by atoms with Gasteiger partial charge in [-0.25, -0.2) is 9.78 Å². The van der Waals surface area contributed by atoms with Gasteiger partial charge in [0.25, 0.3) is 0 Å². The first-order valence-electron chi connectivity index (χ1n) is 31.1. The van der Waals surface area contributed by atoms with Crippen molar-refractivity contribution in [2.24, 2.45) is 5.73 Å². The maximum atomic E-state index is 15.0. The van der Waals surface area contributed by atoms with E-state index in [1.54, 1.807) is 44.2 Å². The van der Waals surface area contributed by atoms with Crippen LogP contribution in [0.25, 0.3) is 0 Å². The average Bonchev–Trinajstić information content (AvgIpc) is 1.71. The number of nitrogens with two attached hydrogens (primary N) is 1. The van der Waals surface area contributed by atoms with Gasteiger partial charge in [-0.05, 0) is 61.8 Å². The number of aliphatic hydroxyl groups is 1. The van der Waals surface area contributed by atoms with Crippen molar-refractivity contribution < 1.29 is 77.6 Å². The molecule has 4 aliphatic heterocycles. The number of nitrogens with zero attached hydrogens (tertiary/aromatic N) is 3. The number of phenols is 1. The lowest BCUT2D eigenvalue weighted by molar-refractivity contribution is -0.148. The molecule has 2 bridgehead atoms. The lowest BCUT2D eigenvalue weighted by Gasteiger charge is -2.33. The number of aliphatic hydroxyl groups excluding tert-OH is 1. The zero-order valence-corrected chi connectivity index (χ0v) is 55.5. The minimum Gasteiger partial charge on any atom is -0.508 e. The summed E-state index contributed by atoms with van der Waals surface area (Å²) in [5.41, 5.74) is 7.03. The molecule has 0 aliphatic carbocycles. The summed E-state index contributed by atoms with van der Waals surface area (Å²) in [6.45, 7) is 1.80. The summed E-state index contributed by atoms with van der Waals surface area (Å²) in [6.07, 6.45) is 3.39. The van der Waals surface area contributed by atoms with Crippen LogP contribution in [0.15, 0.2) is 67.1 Å².